The van der Waals surface area contributed by atoms with Crippen molar-refractivity contribution in [2.75, 3.05) is 18.0 Å². The molecule has 4 aromatic rings. The van der Waals surface area contributed by atoms with Crippen LogP contribution in [0, 0.1) is 6.92 Å². The van der Waals surface area contributed by atoms with Crippen LogP contribution in [-0.2, 0) is 6.54 Å². The Balaban J connectivity index is 1.46. The minimum absolute atomic E-state index is 0.197. The van der Waals surface area contributed by atoms with Crippen LogP contribution in [-0.4, -0.2) is 38.7 Å². The molecule has 1 saturated heterocycles. The van der Waals surface area contributed by atoms with Crippen LogP contribution in [0.15, 0.2) is 59.5 Å². The maximum Gasteiger partial charge on any atom is 0.573 e. The van der Waals surface area contributed by atoms with Crippen molar-refractivity contribution in [2.24, 2.45) is 0 Å². The first kappa shape index (κ1) is 23.8. The van der Waals surface area contributed by atoms with Gasteiger partial charge in [0.15, 0.2) is 0 Å². The molecule has 2 aromatic heterocycles. The van der Waals surface area contributed by atoms with Gasteiger partial charge < -0.3 is 14.7 Å². The molecule has 5 rings (SSSR count). The van der Waals surface area contributed by atoms with Crippen molar-refractivity contribution < 1.29 is 23.0 Å². The van der Waals surface area contributed by atoms with Gasteiger partial charge in [-0.3, -0.25) is 9.55 Å². The zero-order chi connectivity index (χ0) is 25.4. The van der Waals surface area contributed by atoms with Crippen LogP contribution in [0.25, 0.3) is 16.6 Å². The first-order valence-corrected chi connectivity index (χ1v) is 11.7. The van der Waals surface area contributed by atoms with E-state index >= 15 is 0 Å². The van der Waals surface area contributed by atoms with Crippen molar-refractivity contribution in [3.8, 4) is 17.3 Å². The van der Waals surface area contributed by atoms with Gasteiger partial charge >= 0.3 is 12.1 Å². The maximum absolute atomic E-state index is 13.3. The number of aromatic hydroxyl groups is 1. The van der Waals surface area contributed by atoms with Crippen LogP contribution in [0.3, 0.4) is 0 Å². The Hall–Kier alpha value is -3.95. The molecule has 0 unspecified atom stereocenters. The normalized spacial score (nSPS) is 14.4. The molecule has 10 heteroatoms. The smallest absolute Gasteiger partial charge is 0.493 e. The second kappa shape index (κ2) is 9.25. The summed E-state index contributed by atoms with van der Waals surface area (Å²) in [4.78, 5) is 20.1. The molecule has 0 radical (unpaired) electrons. The van der Waals surface area contributed by atoms with E-state index in [0.717, 1.165) is 51.9 Å². The number of rotatable bonds is 5. The van der Waals surface area contributed by atoms with Gasteiger partial charge in [-0.05, 0) is 74.2 Å². The average molecular weight is 499 g/mol. The zero-order valence-corrected chi connectivity index (χ0v) is 19.6. The van der Waals surface area contributed by atoms with Gasteiger partial charge in [-0.2, -0.15) is 0 Å². The Kier molecular flexibility index (Phi) is 6.11. The number of anilines is 1. The van der Waals surface area contributed by atoms with Crippen LogP contribution in [0.5, 0.6) is 11.6 Å². The van der Waals surface area contributed by atoms with Gasteiger partial charge in [0, 0.05) is 30.4 Å². The van der Waals surface area contributed by atoms with E-state index in [4.69, 9.17) is 0 Å². The van der Waals surface area contributed by atoms with E-state index in [0.29, 0.717) is 5.69 Å². The second-order valence-electron chi connectivity index (χ2n) is 8.87. The third-order valence-corrected chi connectivity index (χ3v) is 6.56. The number of benzene rings is 2. The molecule has 1 aliphatic heterocycles. The lowest BCUT2D eigenvalue weighted by Crippen LogP contribution is -2.29. The number of halogens is 3. The largest absolute Gasteiger partial charge is 0.573 e. The number of hydrogen-bond acceptors (Lipinski definition) is 5. The number of fused-ring (bicyclic) bond motifs is 1. The Bertz CT molecular complexity index is 1450. The molecule has 1 fully saturated rings. The Labute approximate surface area is 205 Å². The highest BCUT2D eigenvalue weighted by molar-refractivity contribution is 5.85. The average Bonchev–Trinajstić information content (AvgIpc) is 3.07. The topological polar surface area (TPSA) is 72.5 Å². The third kappa shape index (κ3) is 4.62. The Morgan fingerprint density at radius 2 is 1.69 bits per heavy atom. The molecule has 1 N–H and O–H groups in total. The summed E-state index contributed by atoms with van der Waals surface area (Å²) in [5.41, 5.74) is 2.86. The first-order chi connectivity index (χ1) is 17.2. The molecule has 1 aliphatic rings. The van der Waals surface area contributed by atoms with Crippen molar-refractivity contribution in [3.05, 3.63) is 76.5 Å². The number of alkyl halides is 3. The van der Waals surface area contributed by atoms with Gasteiger partial charge in [-0.1, -0.05) is 6.07 Å². The number of pyridine rings is 1. The van der Waals surface area contributed by atoms with Crippen molar-refractivity contribution in [1.82, 2.24) is 14.1 Å². The standard InChI is InChI=1S/C26H25F3N4O3/c1-17-24(34)33(19-5-8-21(9-6-19)36-26(27,28)29)25(35)32(17)16-18-11-12-30-23-15-20(7-10-22(18)23)31-13-3-2-4-14-31/h5-12,15,34H,2-4,13-14,16H2,1H3. The summed E-state index contributed by atoms with van der Waals surface area (Å²) in [6.45, 7) is 3.86. The summed E-state index contributed by atoms with van der Waals surface area (Å²) >= 11 is 0. The summed E-state index contributed by atoms with van der Waals surface area (Å²) in [6, 6.07) is 12.8. The summed E-state index contributed by atoms with van der Waals surface area (Å²) < 4.78 is 43.7. The number of hydrogen-bond donors (Lipinski definition) is 1. The van der Waals surface area contributed by atoms with Gasteiger partial charge in [0.2, 0.25) is 5.88 Å². The fourth-order valence-electron chi connectivity index (χ4n) is 4.71. The molecule has 0 atom stereocenters. The van der Waals surface area contributed by atoms with Crippen LogP contribution in [0.1, 0.15) is 30.5 Å². The quantitative estimate of drug-likeness (QED) is 0.413. The summed E-state index contributed by atoms with van der Waals surface area (Å²) in [7, 11) is 0. The van der Waals surface area contributed by atoms with E-state index in [1.54, 1.807) is 13.1 Å². The van der Waals surface area contributed by atoms with Gasteiger partial charge in [-0.25, -0.2) is 9.36 Å². The molecule has 2 aromatic carbocycles. The van der Waals surface area contributed by atoms with E-state index in [-0.39, 0.29) is 18.1 Å². The van der Waals surface area contributed by atoms with Gasteiger partial charge in [-0.15, -0.1) is 13.2 Å². The number of nitrogens with zero attached hydrogens (tertiary/aromatic N) is 4. The van der Waals surface area contributed by atoms with Crippen LogP contribution in [0.2, 0.25) is 0 Å². The molecule has 0 saturated carbocycles. The van der Waals surface area contributed by atoms with Gasteiger partial charge in [0.1, 0.15) is 5.75 Å². The predicted octanol–water partition coefficient (Wildman–Crippen LogP) is 5.14. The third-order valence-electron chi connectivity index (χ3n) is 6.56. The molecule has 0 spiro atoms. The van der Waals surface area contributed by atoms with E-state index in [9.17, 15) is 23.1 Å². The van der Waals surface area contributed by atoms with Crippen LogP contribution in [0.4, 0.5) is 18.9 Å². The Morgan fingerprint density at radius 3 is 2.39 bits per heavy atom. The highest BCUT2D eigenvalue weighted by Gasteiger charge is 2.31. The van der Waals surface area contributed by atoms with E-state index in [1.165, 1.54) is 36.0 Å². The van der Waals surface area contributed by atoms with Crippen molar-refractivity contribution in [3.63, 3.8) is 0 Å². The number of ether oxygens (including phenoxy) is 1. The predicted molar refractivity (Wildman–Crippen MR) is 130 cm³/mol. The van der Waals surface area contributed by atoms with Gasteiger partial charge in [0.25, 0.3) is 0 Å². The summed E-state index contributed by atoms with van der Waals surface area (Å²) in [5.74, 6) is -0.697. The minimum Gasteiger partial charge on any atom is -0.493 e. The second-order valence-corrected chi connectivity index (χ2v) is 8.87. The number of imidazole rings is 1. The van der Waals surface area contributed by atoms with Crippen molar-refractivity contribution >= 4 is 16.6 Å². The van der Waals surface area contributed by atoms with Crippen LogP contribution < -0.4 is 15.3 Å². The fraction of sp³-hybridized carbons (Fsp3) is 0.308. The monoisotopic (exact) mass is 498 g/mol. The maximum atomic E-state index is 13.3. The highest BCUT2D eigenvalue weighted by Crippen LogP contribution is 2.28. The van der Waals surface area contributed by atoms with E-state index < -0.39 is 17.8 Å². The molecule has 3 heterocycles. The van der Waals surface area contributed by atoms with Crippen molar-refractivity contribution in [1.29, 1.82) is 0 Å². The molecule has 0 bridgehead atoms. The number of piperidine rings is 1. The summed E-state index contributed by atoms with van der Waals surface area (Å²) in [5, 5.41) is 11.6. The van der Waals surface area contributed by atoms with E-state index in [1.807, 2.05) is 12.1 Å². The first-order valence-electron chi connectivity index (χ1n) is 11.7. The zero-order valence-electron chi connectivity index (χ0n) is 19.6. The highest BCUT2D eigenvalue weighted by atomic mass is 19.4. The molecule has 188 valence electrons. The summed E-state index contributed by atoms with van der Waals surface area (Å²) in [6.07, 6.45) is 0.480. The molecule has 7 nitrogen and oxygen atoms in total. The molecular formula is C26H25F3N4O3. The lowest BCUT2D eigenvalue weighted by atomic mass is 10.1. The van der Waals surface area contributed by atoms with E-state index in [2.05, 4.69) is 26.8 Å². The minimum atomic E-state index is -4.82. The molecule has 36 heavy (non-hydrogen) atoms. The van der Waals surface area contributed by atoms with Crippen LogP contribution >= 0.6 is 0 Å². The SMILES string of the molecule is Cc1c(O)n(-c2ccc(OC(F)(F)F)cc2)c(=O)n1Cc1ccnc2cc(N3CCCCC3)ccc12. The Morgan fingerprint density at radius 1 is 1.00 bits per heavy atom. The molecule has 0 amide bonds. The number of aromatic nitrogens is 3. The molecule has 0 aliphatic carbocycles. The van der Waals surface area contributed by atoms with Gasteiger partial charge in [0.05, 0.1) is 23.4 Å². The lowest BCUT2D eigenvalue weighted by molar-refractivity contribution is -0.274. The lowest BCUT2D eigenvalue weighted by Gasteiger charge is -2.29. The molecular weight excluding hydrogens is 473 g/mol. The van der Waals surface area contributed by atoms with Crippen molar-refractivity contribution in [2.45, 2.75) is 39.1 Å². The fourth-order valence-corrected chi connectivity index (χ4v) is 4.71.